The third kappa shape index (κ3) is 2.49. The molecule has 7 rings (SSSR count). The molecule has 0 radical (unpaired) electrons. The number of benzene rings is 6. The van der Waals surface area contributed by atoms with Crippen LogP contribution in [0.5, 0.6) is 0 Å². The Morgan fingerprint density at radius 2 is 0.914 bits per heavy atom. The number of fused-ring (bicyclic) bond motifs is 8. The fourth-order valence-corrected chi connectivity index (χ4v) is 5.28. The molecule has 0 fully saturated rings. The van der Waals surface area contributed by atoms with Gasteiger partial charge in [0.25, 0.3) is 0 Å². The normalized spacial score (nSPS) is 12.0. The second kappa shape index (κ2) is 6.74. The molecule has 0 aliphatic rings. The van der Waals surface area contributed by atoms with E-state index in [0.29, 0.717) is 21.8 Å². The first-order valence-corrected chi connectivity index (χ1v) is 11.2. The van der Waals surface area contributed by atoms with Gasteiger partial charge in [0.2, 0.25) is 0 Å². The van der Waals surface area contributed by atoms with Crippen molar-refractivity contribution in [3.63, 3.8) is 0 Å². The standard InChI is InChI=1S/C28H11ClN2O4/c29-17-7-3-6-14-20(17)27(34)16-9-11-19-24(22(16)28(14)35)31-18-10-8-15-21(23(18)30-19)26(33)13-5-2-1-4-12(13)25(15)32/h1-11H. The second-order valence-electron chi connectivity index (χ2n) is 8.46. The fourth-order valence-electron chi connectivity index (χ4n) is 5.02. The molecule has 0 aliphatic heterocycles. The summed E-state index contributed by atoms with van der Waals surface area (Å²) in [5, 5.41) is 2.10. The predicted molar refractivity (Wildman–Crippen MR) is 140 cm³/mol. The summed E-state index contributed by atoms with van der Waals surface area (Å²) in [6.45, 7) is 0. The predicted octanol–water partition coefficient (Wildman–Crippen LogP) is 4.37. The number of hydrogen-bond acceptors (Lipinski definition) is 6. The maximum absolute atomic E-state index is 13.4. The van der Waals surface area contributed by atoms with Gasteiger partial charge >= 0.3 is 0 Å². The van der Waals surface area contributed by atoms with E-state index in [1.165, 1.54) is 6.07 Å². The number of aromatic nitrogens is 2. The molecule has 1 aromatic heterocycles. The first-order valence-electron chi connectivity index (χ1n) is 10.8. The highest BCUT2D eigenvalue weighted by Gasteiger charge is 2.19. The topological polar surface area (TPSA) is 94.1 Å². The minimum atomic E-state index is -0.366. The summed E-state index contributed by atoms with van der Waals surface area (Å²) in [6, 6.07) is 17.7. The van der Waals surface area contributed by atoms with Crippen molar-refractivity contribution >= 4 is 76.8 Å². The van der Waals surface area contributed by atoms with Gasteiger partial charge in [-0.15, -0.1) is 0 Å². The van der Waals surface area contributed by atoms with Crippen LogP contribution in [-0.2, 0) is 0 Å². The average molecular weight is 475 g/mol. The van der Waals surface area contributed by atoms with Gasteiger partial charge in [0.1, 0.15) is 11.0 Å². The zero-order valence-corrected chi connectivity index (χ0v) is 18.5. The van der Waals surface area contributed by atoms with Crippen LogP contribution in [0.3, 0.4) is 0 Å². The summed E-state index contributed by atoms with van der Waals surface area (Å²) in [4.78, 5) is 62.4. The number of nitrogens with zero attached hydrogens (tertiary/aromatic N) is 2. The first kappa shape index (κ1) is 19.9. The van der Waals surface area contributed by atoms with Gasteiger partial charge in [0, 0.05) is 26.9 Å². The van der Waals surface area contributed by atoms with Crippen LogP contribution in [0.25, 0.3) is 65.2 Å². The Labute approximate surface area is 199 Å². The first-order chi connectivity index (χ1) is 17.0. The van der Waals surface area contributed by atoms with Gasteiger partial charge in [-0.3, -0.25) is 19.2 Å². The maximum atomic E-state index is 13.4. The van der Waals surface area contributed by atoms with Crippen molar-refractivity contribution < 1.29 is 0 Å². The lowest BCUT2D eigenvalue weighted by Gasteiger charge is -2.08. The highest BCUT2D eigenvalue weighted by molar-refractivity contribution is 6.36. The summed E-state index contributed by atoms with van der Waals surface area (Å²) in [5.41, 5.74) is -0.0466. The van der Waals surface area contributed by atoms with Crippen LogP contribution in [0.4, 0.5) is 0 Å². The molecular formula is C28H11ClN2O4. The van der Waals surface area contributed by atoms with Gasteiger partial charge in [-0.25, -0.2) is 9.97 Å². The number of rotatable bonds is 0. The second-order valence-corrected chi connectivity index (χ2v) is 8.87. The molecule has 0 amide bonds. The van der Waals surface area contributed by atoms with Crippen molar-refractivity contribution in [2.75, 3.05) is 0 Å². The lowest BCUT2D eigenvalue weighted by molar-refractivity contribution is 1.41. The Bertz CT molecular complexity index is 2320. The summed E-state index contributed by atoms with van der Waals surface area (Å²) in [7, 11) is 0. The Hall–Kier alpha value is -4.55. The van der Waals surface area contributed by atoms with E-state index >= 15 is 0 Å². The molecule has 35 heavy (non-hydrogen) atoms. The average Bonchev–Trinajstić information content (AvgIpc) is 2.88. The molecule has 0 N–H and O–H groups in total. The third-order valence-corrected chi connectivity index (χ3v) is 6.94. The SMILES string of the molecule is O=c1c2ccccc2c(=O)c2c1ccc1nc3c(ccc4c(=O)c5c(Cl)cccc5c(=O)c43)nc12. The third-order valence-electron chi connectivity index (χ3n) is 6.62. The molecule has 7 heteroatoms. The molecule has 6 nitrogen and oxygen atoms in total. The van der Waals surface area contributed by atoms with E-state index < -0.39 is 0 Å². The van der Waals surface area contributed by atoms with Crippen molar-refractivity contribution in [3.8, 4) is 0 Å². The zero-order valence-electron chi connectivity index (χ0n) is 17.8. The molecular weight excluding hydrogens is 464 g/mol. The van der Waals surface area contributed by atoms with Gasteiger partial charge < -0.3 is 0 Å². The molecule has 7 aromatic rings. The molecule has 0 saturated heterocycles. The highest BCUT2D eigenvalue weighted by atomic mass is 35.5. The van der Waals surface area contributed by atoms with E-state index in [0.717, 1.165) is 0 Å². The summed E-state index contributed by atoms with van der Waals surface area (Å²) in [6.07, 6.45) is 0. The monoisotopic (exact) mass is 474 g/mol. The summed E-state index contributed by atoms with van der Waals surface area (Å²) in [5.74, 6) is 0. The van der Waals surface area contributed by atoms with E-state index in [9.17, 15) is 19.2 Å². The Morgan fingerprint density at radius 3 is 1.54 bits per heavy atom. The molecule has 0 spiro atoms. The zero-order chi connectivity index (χ0) is 24.0. The molecule has 0 saturated carbocycles. The smallest absolute Gasteiger partial charge is 0.196 e. The van der Waals surface area contributed by atoms with Crippen LogP contribution >= 0.6 is 11.6 Å². The van der Waals surface area contributed by atoms with E-state index in [2.05, 4.69) is 9.97 Å². The van der Waals surface area contributed by atoms with Crippen molar-refractivity contribution in [2.24, 2.45) is 0 Å². The summed E-state index contributed by atoms with van der Waals surface area (Å²) >= 11 is 6.23. The Morgan fingerprint density at radius 1 is 0.457 bits per heavy atom. The van der Waals surface area contributed by atoms with E-state index in [4.69, 9.17) is 11.6 Å². The van der Waals surface area contributed by atoms with Crippen molar-refractivity contribution in [1.82, 2.24) is 9.97 Å². The van der Waals surface area contributed by atoms with Crippen LogP contribution in [0.2, 0.25) is 5.02 Å². The van der Waals surface area contributed by atoms with E-state index in [1.54, 1.807) is 60.7 Å². The quantitative estimate of drug-likeness (QED) is 0.239. The largest absolute Gasteiger partial charge is 0.289 e. The molecule has 0 atom stereocenters. The summed E-state index contributed by atoms with van der Waals surface area (Å²) < 4.78 is 0. The minimum Gasteiger partial charge on any atom is -0.289 e. The van der Waals surface area contributed by atoms with Crippen LogP contribution in [0.1, 0.15) is 0 Å². The fraction of sp³-hybridized carbons (Fsp3) is 0. The van der Waals surface area contributed by atoms with Gasteiger partial charge in [-0.2, -0.15) is 0 Å². The molecule has 0 aliphatic carbocycles. The van der Waals surface area contributed by atoms with Crippen molar-refractivity contribution in [1.29, 1.82) is 0 Å². The van der Waals surface area contributed by atoms with Crippen LogP contribution in [-0.4, -0.2) is 9.97 Å². The number of halogens is 1. The van der Waals surface area contributed by atoms with Crippen molar-refractivity contribution in [2.45, 2.75) is 0 Å². The molecule has 0 unspecified atom stereocenters. The molecule has 164 valence electrons. The van der Waals surface area contributed by atoms with E-state index in [1.807, 2.05) is 0 Å². The van der Waals surface area contributed by atoms with Crippen LogP contribution < -0.4 is 21.7 Å². The minimum absolute atomic E-state index is 0.155. The van der Waals surface area contributed by atoms with E-state index in [-0.39, 0.29) is 70.1 Å². The van der Waals surface area contributed by atoms with Gasteiger partial charge in [0.05, 0.1) is 32.2 Å². The Kier molecular flexibility index (Phi) is 3.83. The van der Waals surface area contributed by atoms with Crippen molar-refractivity contribution in [3.05, 3.63) is 113 Å². The van der Waals surface area contributed by atoms with Gasteiger partial charge in [-0.1, -0.05) is 48.0 Å². The lowest BCUT2D eigenvalue weighted by atomic mass is 9.99. The number of hydrogen-bond donors (Lipinski definition) is 0. The van der Waals surface area contributed by atoms with Gasteiger partial charge in [0.15, 0.2) is 21.7 Å². The highest BCUT2D eigenvalue weighted by Crippen LogP contribution is 2.27. The Balaban J connectivity index is 1.72. The van der Waals surface area contributed by atoms with Gasteiger partial charge in [-0.05, 0) is 30.3 Å². The molecule has 6 aromatic carbocycles. The van der Waals surface area contributed by atoms with Crippen LogP contribution in [0, 0.1) is 0 Å². The van der Waals surface area contributed by atoms with Crippen LogP contribution in [0.15, 0.2) is 85.9 Å². The maximum Gasteiger partial charge on any atom is 0.196 e. The molecule has 0 bridgehead atoms. The lowest BCUT2D eigenvalue weighted by Crippen LogP contribution is -2.15. The molecule has 1 heterocycles.